The van der Waals surface area contributed by atoms with E-state index in [1.165, 1.54) is 0 Å². The second-order valence-corrected chi connectivity index (χ2v) is 7.52. The smallest absolute Gasteiger partial charge is 0.266 e. The zero-order valence-corrected chi connectivity index (χ0v) is 13.1. The number of aliphatic hydroxyl groups excluding tert-OH is 1. The van der Waals surface area contributed by atoms with E-state index in [1.807, 2.05) is 6.07 Å². The molecular weight excluding hydrogens is 266 g/mol. The lowest BCUT2D eigenvalue weighted by Gasteiger charge is -2.50. The SMILES string of the molecule is CC(C)(C)c1ccc(=O)n(CC2CN(C3CCC3O)C2)n1. The van der Waals surface area contributed by atoms with E-state index >= 15 is 0 Å². The van der Waals surface area contributed by atoms with Gasteiger partial charge in [-0.05, 0) is 18.9 Å². The number of hydrogen-bond donors (Lipinski definition) is 1. The minimum Gasteiger partial charge on any atom is -0.391 e. The highest BCUT2D eigenvalue weighted by Crippen LogP contribution is 2.31. The summed E-state index contributed by atoms with van der Waals surface area (Å²) in [6, 6.07) is 3.81. The summed E-state index contributed by atoms with van der Waals surface area (Å²) in [6.07, 6.45) is 1.89. The molecule has 2 heterocycles. The molecule has 2 unspecified atom stereocenters. The Morgan fingerprint density at radius 3 is 2.52 bits per heavy atom. The number of nitrogens with zero attached hydrogens (tertiary/aromatic N) is 3. The number of hydrogen-bond acceptors (Lipinski definition) is 4. The number of rotatable bonds is 3. The van der Waals surface area contributed by atoms with Gasteiger partial charge in [-0.3, -0.25) is 9.69 Å². The Morgan fingerprint density at radius 2 is 2.00 bits per heavy atom. The van der Waals surface area contributed by atoms with Crippen molar-refractivity contribution < 1.29 is 5.11 Å². The molecule has 2 atom stereocenters. The summed E-state index contributed by atoms with van der Waals surface area (Å²) in [5.74, 6) is 0.471. The van der Waals surface area contributed by atoms with Gasteiger partial charge < -0.3 is 5.11 Å². The minimum absolute atomic E-state index is 0.0230. The molecule has 2 aliphatic rings. The maximum absolute atomic E-state index is 12.0. The van der Waals surface area contributed by atoms with Crippen LogP contribution in [0.3, 0.4) is 0 Å². The summed E-state index contributed by atoms with van der Waals surface area (Å²) in [5, 5.41) is 14.2. The molecule has 1 aromatic heterocycles. The van der Waals surface area contributed by atoms with Crippen LogP contribution in [-0.4, -0.2) is 45.0 Å². The van der Waals surface area contributed by atoms with Crippen molar-refractivity contribution in [2.75, 3.05) is 13.1 Å². The number of aromatic nitrogens is 2. The molecule has 1 aliphatic carbocycles. The third-order valence-electron chi connectivity index (χ3n) is 4.72. The lowest BCUT2D eigenvalue weighted by molar-refractivity contribution is -0.0721. The predicted octanol–water partition coefficient (Wildman–Crippen LogP) is 0.996. The molecule has 3 rings (SSSR count). The molecule has 1 aliphatic heterocycles. The number of aliphatic hydroxyl groups is 1. The van der Waals surface area contributed by atoms with Crippen LogP contribution in [-0.2, 0) is 12.0 Å². The summed E-state index contributed by atoms with van der Waals surface area (Å²) in [4.78, 5) is 14.3. The molecule has 0 radical (unpaired) electrons. The summed E-state index contributed by atoms with van der Waals surface area (Å²) in [6.45, 7) is 8.93. The molecule has 0 spiro atoms. The maximum atomic E-state index is 12.0. The third kappa shape index (κ3) is 2.90. The van der Waals surface area contributed by atoms with E-state index in [0.29, 0.717) is 18.5 Å². The largest absolute Gasteiger partial charge is 0.391 e. The molecule has 116 valence electrons. The van der Waals surface area contributed by atoms with E-state index in [9.17, 15) is 9.90 Å². The van der Waals surface area contributed by atoms with E-state index < -0.39 is 0 Å². The highest BCUT2D eigenvalue weighted by Gasteiger charge is 2.40. The average Bonchev–Trinajstić information content (AvgIpc) is 2.35. The minimum atomic E-state index is -0.143. The van der Waals surface area contributed by atoms with Crippen LogP contribution in [0.5, 0.6) is 0 Å². The molecule has 5 heteroatoms. The molecule has 0 bridgehead atoms. The Balaban J connectivity index is 1.62. The van der Waals surface area contributed by atoms with Gasteiger partial charge in [0.1, 0.15) is 0 Å². The van der Waals surface area contributed by atoms with Crippen LogP contribution >= 0.6 is 0 Å². The summed E-state index contributed by atoms with van der Waals surface area (Å²) < 4.78 is 1.61. The predicted molar refractivity (Wildman–Crippen MR) is 81.3 cm³/mol. The van der Waals surface area contributed by atoms with Gasteiger partial charge in [0.15, 0.2) is 0 Å². The van der Waals surface area contributed by atoms with Gasteiger partial charge in [0.05, 0.1) is 18.3 Å². The van der Waals surface area contributed by atoms with Crippen LogP contribution in [0.25, 0.3) is 0 Å². The van der Waals surface area contributed by atoms with Crippen LogP contribution in [0.15, 0.2) is 16.9 Å². The van der Waals surface area contributed by atoms with Gasteiger partial charge in [-0.25, -0.2) is 4.68 Å². The van der Waals surface area contributed by atoms with E-state index in [-0.39, 0.29) is 17.1 Å². The number of likely N-dealkylation sites (tertiary alicyclic amines) is 1. The molecular formula is C16H25N3O2. The molecule has 2 fully saturated rings. The molecule has 1 aromatic rings. The Bertz CT molecular complexity index is 570. The third-order valence-corrected chi connectivity index (χ3v) is 4.72. The molecule has 1 saturated carbocycles. The van der Waals surface area contributed by atoms with Crippen molar-refractivity contribution in [2.24, 2.45) is 5.92 Å². The van der Waals surface area contributed by atoms with Crippen LogP contribution in [0.4, 0.5) is 0 Å². The van der Waals surface area contributed by atoms with E-state index in [4.69, 9.17) is 0 Å². The maximum Gasteiger partial charge on any atom is 0.266 e. The van der Waals surface area contributed by atoms with Gasteiger partial charge in [-0.2, -0.15) is 5.10 Å². The van der Waals surface area contributed by atoms with Crippen molar-refractivity contribution >= 4 is 0 Å². The van der Waals surface area contributed by atoms with E-state index in [0.717, 1.165) is 31.6 Å². The summed E-state index contributed by atoms with van der Waals surface area (Å²) in [7, 11) is 0. The van der Waals surface area contributed by atoms with Crippen molar-refractivity contribution in [1.29, 1.82) is 0 Å². The first-order valence-corrected chi connectivity index (χ1v) is 7.85. The first kappa shape index (κ1) is 14.7. The molecule has 1 N–H and O–H groups in total. The van der Waals surface area contributed by atoms with E-state index in [2.05, 4.69) is 30.8 Å². The fraction of sp³-hybridized carbons (Fsp3) is 0.750. The Kier molecular flexibility index (Phi) is 3.66. The molecule has 1 saturated heterocycles. The van der Waals surface area contributed by atoms with Gasteiger partial charge >= 0.3 is 0 Å². The zero-order chi connectivity index (χ0) is 15.2. The highest BCUT2D eigenvalue weighted by molar-refractivity contribution is 5.10. The van der Waals surface area contributed by atoms with Gasteiger partial charge in [0.25, 0.3) is 5.56 Å². The summed E-state index contributed by atoms with van der Waals surface area (Å²) in [5.41, 5.74) is 0.884. The molecule has 21 heavy (non-hydrogen) atoms. The first-order chi connectivity index (χ1) is 9.84. The monoisotopic (exact) mass is 291 g/mol. The van der Waals surface area contributed by atoms with E-state index in [1.54, 1.807) is 10.7 Å². The van der Waals surface area contributed by atoms with Crippen molar-refractivity contribution in [3.05, 3.63) is 28.2 Å². The standard InChI is InChI=1S/C16H25N3O2/c1-16(2,3)14-6-7-15(21)19(17-14)10-11-8-18(9-11)12-4-5-13(12)20/h6-7,11-13,20H,4-5,8-10H2,1-3H3. The van der Waals surface area contributed by atoms with Gasteiger partial charge in [0, 0.05) is 36.5 Å². The normalized spacial score (nSPS) is 27.2. The van der Waals surface area contributed by atoms with Crippen molar-refractivity contribution in [3.63, 3.8) is 0 Å². The second kappa shape index (κ2) is 5.21. The van der Waals surface area contributed by atoms with Crippen LogP contribution < -0.4 is 5.56 Å². The molecule has 0 aromatic carbocycles. The molecule has 0 amide bonds. The Morgan fingerprint density at radius 1 is 1.29 bits per heavy atom. The topological polar surface area (TPSA) is 58.4 Å². The lowest BCUT2D eigenvalue weighted by atomic mass is 9.83. The molecule has 5 nitrogen and oxygen atoms in total. The Labute approximate surface area is 125 Å². The highest BCUT2D eigenvalue weighted by atomic mass is 16.3. The van der Waals surface area contributed by atoms with Gasteiger partial charge in [-0.15, -0.1) is 0 Å². The second-order valence-electron chi connectivity index (χ2n) is 7.52. The lowest BCUT2D eigenvalue weighted by Crippen LogP contribution is -2.60. The first-order valence-electron chi connectivity index (χ1n) is 7.85. The van der Waals surface area contributed by atoms with Crippen LogP contribution in [0.2, 0.25) is 0 Å². The summed E-state index contributed by atoms with van der Waals surface area (Å²) >= 11 is 0. The fourth-order valence-electron chi connectivity index (χ4n) is 3.11. The zero-order valence-electron chi connectivity index (χ0n) is 13.1. The van der Waals surface area contributed by atoms with Crippen molar-refractivity contribution in [1.82, 2.24) is 14.7 Å². The Hall–Kier alpha value is -1.20. The van der Waals surface area contributed by atoms with Crippen LogP contribution in [0.1, 0.15) is 39.3 Å². The van der Waals surface area contributed by atoms with Crippen LogP contribution in [0, 0.1) is 5.92 Å². The van der Waals surface area contributed by atoms with Gasteiger partial charge in [0.2, 0.25) is 0 Å². The average molecular weight is 291 g/mol. The quantitative estimate of drug-likeness (QED) is 0.902. The fourth-order valence-corrected chi connectivity index (χ4v) is 3.11. The van der Waals surface area contributed by atoms with Gasteiger partial charge in [-0.1, -0.05) is 20.8 Å². The van der Waals surface area contributed by atoms with Crippen molar-refractivity contribution in [3.8, 4) is 0 Å². The van der Waals surface area contributed by atoms with Crippen molar-refractivity contribution in [2.45, 2.75) is 57.7 Å².